The number of para-hydroxylation sites is 1. The Hall–Kier alpha value is -3.42. The molecule has 1 N–H and O–H groups in total. The Bertz CT molecular complexity index is 1030. The summed E-state index contributed by atoms with van der Waals surface area (Å²) < 4.78 is 38.4. The molecule has 0 saturated heterocycles. The van der Waals surface area contributed by atoms with Gasteiger partial charge in [0.1, 0.15) is 5.69 Å². The zero-order valence-corrected chi connectivity index (χ0v) is 15.3. The molecule has 1 aromatic heterocycles. The molecular formula is C21H17F3N4O. The fraction of sp³-hybridized carbons (Fsp3) is 0.190. The highest BCUT2D eigenvalue weighted by Gasteiger charge is 2.30. The van der Waals surface area contributed by atoms with E-state index in [2.05, 4.69) is 21.4 Å². The Morgan fingerprint density at radius 3 is 2.62 bits per heavy atom. The van der Waals surface area contributed by atoms with E-state index in [4.69, 9.17) is 0 Å². The van der Waals surface area contributed by atoms with Gasteiger partial charge in [-0.15, -0.1) is 0 Å². The predicted molar refractivity (Wildman–Crippen MR) is 103 cm³/mol. The average Bonchev–Trinajstić information content (AvgIpc) is 2.73. The first-order valence-corrected chi connectivity index (χ1v) is 9.08. The fourth-order valence-corrected chi connectivity index (χ4v) is 3.32. The third-order valence-electron chi connectivity index (χ3n) is 4.71. The van der Waals surface area contributed by atoms with Crippen molar-refractivity contribution in [1.82, 2.24) is 9.97 Å². The van der Waals surface area contributed by atoms with Crippen molar-refractivity contribution in [3.05, 3.63) is 77.7 Å². The molecule has 3 aromatic rings. The van der Waals surface area contributed by atoms with Gasteiger partial charge in [0.2, 0.25) is 0 Å². The van der Waals surface area contributed by atoms with Crippen LogP contribution in [0.4, 0.5) is 30.4 Å². The second-order valence-corrected chi connectivity index (χ2v) is 6.68. The maximum atomic E-state index is 12.8. The van der Waals surface area contributed by atoms with Crippen LogP contribution in [-0.2, 0) is 12.6 Å². The lowest BCUT2D eigenvalue weighted by molar-refractivity contribution is -0.137. The Labute approximate surface area is 165 Å². The normalized spacial score (nSPS) is 13.7. The van der Waals surface area contributed by atoms with Crippen molar-refractivity contribution in [2.24, 2.45) is 0 Å². The van der Waals surface area contributed by atoms with Crippen LogP contribution in [0.5, 0.6) is 0 Å². The molecule has 0 fully saturated rings. The molecule has 0 atom stereocenters. The van der Waals surface area contributed by atoms with Crippen LogP contribution in [0.3, 0.4) is 0 Å². The summed E-state index contributed by atoms with van der Waals surface area (Å²) in [6.07, 6.45) is 0.333. The Morgan fingerprint density at radius 2 is 1.86 bits per heavy atom. The van der Waals surface area contributed by atoms with Gasteiger partial charge < -0.3 is 10.2 Å². The number of aryl methyl sites for hydroxylation is 1. The quantitative estimate of drug-likeness (QED) is 0.687. The molecule has 4 rings (SSSR count). The van der Waals surface area contributed by atoms with Gasteiger partial charge in [0.15, 0.2) is 5.82 Å². The van der Waals surface area contributed by atoms with E-state index in [1.54, 1.807) is 0 Å². The third kappa shape index (κ3) is 4.06. The van der Waals surface area contributed by atoms with Crippen molar-refractivity contribution >= 4 is 23.1 Å². The zero-order chi connectivity index (χ0) is 20.4. The van der Waals surface area contributed by atoms with Crippen molar-refractivity contribution in [3.63, 3.8) is 0 Å². The maximum Gasteiger partial charge on any atom is 0.416 e. The first-order valence-electron chi connectivity index (χ1n) is 9.08. The molecule has 0 bridgehead atoms. The lowest BCUT2D eigenvalue weighted by Crippen LogP contribution is -2.25. The molecule has 2 heterocycles. The smallest absolute Gasteiger partial charge is 0.325 e. The minimum atomic E-state index is -4.48. The minimum Gasteiger partial charge on any atom is -0.325 e. The number of benzene rings is 2. The molecule has 0 radical (unpaired) electrons. The number of anilines is 3. The van der Waals surface area contributed by atoms with Crippen molar-refractivity contribution in [3.8, 4) is 0 Å². The number of nitrogens with one attached hydrogen (secondary N) is 1. The first kappa shape index (κ1) is 18.9. The number of hydrogen-bond acceptors (Lipinski definition) is 4. The van der Waals surface area contributed by atoms with Crippen LogP contribution in [0.25, 0.3) is 0 Å². The number of halogens is 3. The molecular weight excluding hydrogens is 381 g/mol. The molecule has 0 saturated carbocycles. The van der Waals surface area contributed by atoms with Gasteiger partial charge >= 0.3 is 6.18 Å². The number of hydrogen-bond donors (Lipinski definition) is 1. The van der Waals surface area contributed by atoms with Gasteiger partial charge in [-0.2, -0.15) is 13.2 Å². The number of carbonyl (C=O) groups excluding carboxylic acids is 1. The standard InChI is InChI=1S/C21H17F3N4O/c22-21(23,24)15-7-3-8-16(11-15)27-20(29)17-12-26-19(13-25-17)28-10-4-6-14-5-1-2-9-18(14)28/h1-3,5,7-9,11-13H,4,6,10H2,(H,27,29). The van der Waals surface area contributed by atoms with E-state index in [9.17, 15) is 18.0 Å². The lowest BCUT2D eigenvalue weighted by Gasteiger charge is -2.30. The van der Waals surface area contributed by atoms with Crippen LogP contribution < -0.4 is 10.2 Å². The predicted octanol–water partition coefficient (Wildman–Crippen LogP) is 4.83. The number of rotatable bonds is 3. The molecule has 29 heavy (non-hydrogen) atoms. The number of amides is 1. The van der Waals surface area contributed by atoms with Crippen molar-refractivity contribution < 1.29 is 18.0 Å². The molecule has 148 valence electrons. The van der Waals surface area contributed by atoms with Crippen molar-refractivity contribution in [1.29, 1.82) is 0 Å². The van der Waals surface area contributed by atoms with Crippen LogP contribution in [0, 0.1) is 0 Å². The van der Waals surface area contributed by atoms with E-state index in [0.717, 1.165) is 37.2 Å². The van der Waals surface area contributed by atoms with Gasteiger partial charge in [-0.3, -0.25) is 4.79 Å². The summed E-state index contributed by atoms with van der Waals surface area (Å²) in [5.41, 5.74) is 1.53. The Kier molecular flexibility index (Phi) is 4.92. The molecule has 0 spiro atoms. The minimum absolute atomic E-state index is 0.0245. The van der Waals surface area contributed by atoms with Gasteiger partial charge in [-0.1, -0.05) is 24.3 Å². The van der Waals surface area contributed by atoms with E-state index < -0.39 is 17.6 Å². The van der Waals surface area contributed by atoms with Crippen molar-refractivity contribution in [2.45, 2.75) is 19.0 Å². The molecule has 1 aliphatic heterocycles. The monoisotopic (exact) mass is 398 g/mol. The number of carbonyl (C=O) groups is 1. The highest BCUT2D eigenvalue weighted by Crippen LogP contribution is 2.32. The van der Waals surface area contributed by atoms with E-state index in [1.807, 2.05) is 23.1 Å². The second kappa shape index (κ2) is 7.54. The van der Waals surface area contributed by atoms with E-state index in [-0.39, 0.29) is 11.4 Å². The van der Waals surface area contributed by atoms with Gasteiger partial charge in [-0.05, 0) is 42.7 Å². The summed E-state index contributed by atoms with van der Waals surface area (Å²) in [6, 6.07) is 12.5. The topological polar surface area (TPSA) is 58.1 Å². The van der Waals surface area contributed by atoms with Gasteiger partial charge in [0.05, 0.1) is 18.0 Å². The molecule has 0 aliphatic carbocycles. The average molecular weight is 398 g/mol. The van der Waals surface area contributed by atoms with Crippen LogP contribution in [0.2, 0.25) is 0 Å². The highest BCUT2D eigenvalue weighted by atomic mass is 19.4. The van der Waals surface area contributed by atoms with Crippen LogP contribution in [0.15, 0.2) is 60.9 Å². The molecule has 2 aromatic carbocycles. The highest BCUT2D eigenvalue weighted by molar-refractivity contribution is 6.02. The van der Waals surface area contributed by atoms with Gasteiger partial charge in [0, 0.05) is 17.9 Å². The largest absolute Gasteiger partial charge is 0.416 e. The molecule has 1 aliphatic rings. The summed E-state index contributed by atoms with van der Waals surface area (Å²) in [5, 5.41) is 2.43. The third-order valence-corrected chi connectivity index (χ3v) is 4.71. The number of nitrogens with zero attached hydrogens (tertiary/aromatic N) is 3. The summed E-state index contributed by atoms with van der Waals surface area (Å²) >= 11 is 0. The van der Waals surface area contributed by atoms with Crippen LogP contribution in [-0.4, -0.2) is 22.4 Å². The summed E-state index contributed by atoms with van der Waals surface area (Å²) in [7, 11) is 0. The maximum absolute atomic E-state index is 12.8. The first-order chi connectivity index (χ1) is 13.9. The number of alkyl halides is 3. The zero-order valence-electron chi connectivity index (χ0n) is 15.3. The van der Waals surface area contributed by atoms with Crippen LogP contribution in [0.1, 0.15) is 28.0 Å². The Balaban J connectivity index is 1.51. The van der Waals surface area contributed by atoms with Gasteiger partial charge in [0.25, 0.3) is 5.91 Å². The summed E-state index contributed by atoms with van der Waals surface area (Å²) in [4.78, 5) is 22.9. The van der Waals surface area contributed by atoms with Crippen LogP contribution >= 0.6 is 0 Å². The van der Waals surface area contributed by atoms with E-state index in [1.165, 1.54) is 30.1 Å². The fourth-order valence-electron chi connectivity index (χ4n) is 3.32. The molecule has 8 heteroatoms. The summed E-state index contributed by atoms with van der Waals surface area (Å²) in [5.74, 6) is -0.00446. The SMILES string of the molecule is O=C(Nc1cccc(C(F)(F)F)c1)c1cnc(N2CCCc3ccccc32)cn1. The molecule has 0 unspecified atom stereocenters. The summed E-state index contributed by atoms with van der Waals surface area (Å²) in [6.45, 7) is 0.793. The lowest BCUT2D eigenvalue weighted by atomic mass is 10.0. The number of fused-ring (bicyclic) bond motifs is 1. The second-order valence-electron chi connectivity index (χ2n) is 6.68. The number of aromatic nitrogens is 2. The van der Waals surface area contributed by atoms with Crippen molar-refractivity contribution in [2.75, 3.05) is 16.8 Å². The van der Waals surface area contributed by atoms with E-state index in [0.29, 0.717) is 5.82 Å². The Morgan fingerprint density at radius 1 is 1.03 bits per heavy atom. The molecule has 5 nitrogen and oxygen atoms in total. The van der Waals surface area contributed by atoms with E-state index >= 15 is 0 Å². The van der Waals surface area contributed by atoms with Gasteiger partial charge in [-0.25, -0.2) is 9.97 Å². The molecule has 1 amide bonds.